The van der Waals surface area contributed by atoms with E-state index in [1.54, 1.807) is 19.1 Å². The Morgan fingerprint density at radius 2 is 2.03 bits per heavy atom. The molecule has 0 spiro atoms. The molecule has 0 saturated heterocycles. The molecule has 3 rings (SSSR count). The molecule has 1 aliphatic carbocycles. The third kappa shape index (κ3) is 4.72. The lowest BCUT2D eigenvalue weighted by atomic mass is 9.64. The largest absolute Gasteiger partial charge is 0.493 e. The lowest BCUT2D eigenvalue weighted by molar-refractivity contribution is -0.141. The summed E-state index contributed by atoms with van der Waals surface area (Å²) in [5, 5.41) is 10.1. The number of carboxylic acids is 1. The number of benzene rings is 1. The van der Waals surface area contributed by atoms with Gasteiger partial charge in [0.2, 0.25) is 0 Å². The molecule has 3 unspecified atom stereocenters. The third-order valence-electron chi connectivity index (χ3n) is 6.58. The molecule has 0 amide bonds. The first-order chi connectivity index (χ1) is 13.7. The Labute approximate surface area is 171 Å². The van der Waals surface area contributed by atoms with Gasteiger partial charge in [-0.15, -0.1) is 0 Å². The van der Waals surface area contributed by atoms with Gasteiger partial charge in [0.05, 0.1) is 12.5 Å². The van der Waals surface area contributed by atoms with Crippen molar-refractivity contribution in [3.8, 4) is 5.75 Å². The molecule has 0 saturated carbocycles. The highest BCUT2D eigenvalue weighted by atomic mass is 16.5. The van der Waals surface area contributed by atoms with Gasteiger partial charge in [0, 0.05) is 22.9 Å². The van der Waals surface area contributed by atoms with E-state index in [0.717, 1.165) is 24.6 Å². The minimum absolute atomic E-state index is 0.0751. The second-order valence-electron chi connectivity index (χ2n) is 8.73. The lowest BCUT2D eigenvalue weighted by Gasteiger charge is -2.43. The zero-order valence-corrected chi connectivity index (χ0v) is 17.7. The summed E-state index contributed by atoms with van der Waals surface area (Å²) < 4.78 is 11.4. The fourth-order valence-corrected chi connectivity index (χ4v) is 4.32. The molecule has 3 atom stereocenters. The van der Waals surface area contributed by atoms with Crippen molar-refractivity contribution in [2.75, 3.05) is 6.61 Å². The van der Waals surface area contributed by atoms with Gasteiger partial charge in [-0.25, -0.2) is 4.79 Å². The number of allylic oxidation sites excluding steroid dienone is 2. The Balaban J connectivity index is 1.77. The number of hydrogen-bond acceptors (Lipinski definition) is 4. The van der Waals surface area contributed by atoms with Gasteiger partial charge < -0.3 is 14.3 Å². The molecule has 0 radical (unpaired) electrons. The maximum Gasteiger partial charge on any atom is 0.336 e. The van der Waals surface area contributed by atoms with Crippen LogP contribution < -0.4 is 10.4 Å². The van der Waals surface area contributed by atoms with Crippen molar-refractivity contribution in [2.45, 2.75) is 53.4 Å². The first-order valence-electron chi connectivity index (χ1n) is 10.3. The molecule has 5 heteroatoms. The number of rotatable bonds is 7. The molecule has 1 aromatic carbocycles. The van der Waals surface area contributed by atoms with Crippen molar-refractivity contribution in [1.29, 1.82) is 0 Å². The van der Waals surface area contributed by atoms with E-state index in [1.165, 1.54) is 17.2 Å². The van der Waals surface area contributed by atoms with Crippen LogP contribution in [0.15, 0.2) is 50.7 Å². The summed E-state index contributed by atoms with van der Waals surface area (Å²) in [5.74, 6) is -0.126. The highest BCUT2D eigenvalue weighted by Gasteiger charge is 2.39. The van der Waals surface area contributed by atoms with E-state index in [1.807, 2.05) is 12.1 Å². The summed E-state index contributed by atoms with van der Waals surface area (Å²) in [6.45, 7) is 8.89. The van der Waals surface area contributed by atoms with Gasteiger partial charge in [0.1, 0.15) is 11.3 Å². The maximum atomic E-state index is 11.5. The zero-order valence-electron chi connectivity index (χ0n) is 17.7. The van der Waals surface area contributed by atoms with E-state index in [0.29, 0.717) is 24.4 Å². The first kappa shape index (κ1) is 21.2. The summed E-state index contributed by atoms with van der Waals surface area (Å²) in [4.78, 5) is 22.7. The monoisotopic (exact) mass is 398 g/mol. The molecule has 0 aliphatic heterocycles. The van der Waals surface area contributed by atoms with Gasteiger partial charge in [0.15, 0.2) is 0 Å². The first-order valence-corrected chi connectivity index (χ1v) is 10.3. The fourth-order valence-electron chi connectivity index (χ4n) is 4.32. The predicted molar refractivity (Wildman–Crippen MR) is 113 cm³/mol. The Bertz CT molecular complexity index is 986. The molecule has 5 nitrogen and oxygen atoms in total. The number of carboxylic acid groups (broad SMARTS) is 1. The minimum atomic E-state index is -0.741. The third-order valence-corrected chi connectivity index (χ3v) is 6.58. The van der Waals surface area contributed by atoms with E-state index in [4.69, 9.17) is 9.15 Å². The number of fused-ring (bicyclic) bond motifs is 1. The summed E-state index contributed by atoms with van der Waals surface area (Å²) in [7, 11) is 0. The van der Waals surface area contributed by atoms with Crippen LogP contribution in [0.5, 0.6) is 5.75 Å². The quantitative estimate of drug-likeness (QED) is 0.497. The highest BCUT2D eigenvalue weighted by molar-refractivity contribution is 5.77. The summed E-state index contributed by atoms with van der Waals surface area (Å²) in [6.07, 6.45) is 3.53. The Hall–Kier alpha value is -2.56. The fraction of sp³-hybridized carbons (Fsp3) is 0.500. The van der Waals surface area contributed by atoms with E-state index in [-0.39, 0.29) is 22.9 Å². The number of ether oxygens (including phenoxy) is 1. The SMILES string of the molecule is CC1=C(C)C(CCC(C)C(=O)O)C(C)(COc2ccc3ccc(=O)oc3c2)CC1. The average Bonchev–Trinajstić information content (AvgIpc) is 2.69. The number of hydrogen-bond donors (Lipinski definition) is 1. The van der Waals surface area contributed by atoms with Crippen molar-refractivity contribution < 1.29 is 19.1 Å². The van der Waals surface area contributed by atoms with E-state index >= 15 is 0 Å². The molecule has 29 heavy (non-hydrogen) atoms. The molecular formula is C24H30O5. The molecular weight excluding hydrogens is 368 g/mol. The maximum absolute atomic E-state index is 11.5. The van der Waals surface area contributed by atoms with Gasteiger partial charge in [-0.2, -0.15) is 0 Å². The van der Waals surface area contributed by atoms with Gasteiger partial charge in [-0.3, -0.25) is 4.79 Å². The molecule has 1 aromatic heterocycles. The van der Waals surface area contributed by atoms with Crippen LogP contribution in [0.25, 0.3) is 11.0 Å². The standard InChI is InChI=1S/C24H30O5/c1-15-11-12-24(4,20(17(15)3)9-5-16(2)23(26)27)14-28-19-8-6-18-7-10-22(25)29-21(18)13-19/h6-8,10,13,16,20H,5,9,11-12,14H2,1-4H3,(H,26,27). The molecule has 2 aromatic rings. The van der Waals surface area contributed by atoms with Gasteiger partial charge >= 0.3 is 11.6 Å². The molecule has 1 aliphatic rings. The Kier molecular flexibility index (Phi) is 6.15. The van der Waals surface area contributed by atoms with E-state index in [2.05, 4.69) is 20.8 Å². The second kappa shape index (κ2) is 8.44. The summed E-state index contributed by atoms with van der Waals surface area (Å²) in [6, 6.07) is 8.69. The van der Waals surface area contributed by atoms with Crippen molar-refractivity contribution in [3.63, 3.8) is 0 Å². The number of aliphatic carboxylic acids is 1. The van der Waals surface area contributed by atoms with Crippen molar-refractivity contribution >= 4 is 16.9 Å². The topological polar surface area (TPSA) is 76.7 Å². The Morgan fingerprint density at radius 1 is 1.31 bits per heavy atom. The van der Waals surface area contributed by atoms with Gasteiger partial charge in [-0.05, 0) is 63.6 Å². The summed E-state index contributed by atoms with van der Waals surface area (Å²) >= 11 is 0. The van der Waals surface area contributed by atoms with Crippen LogP contribution in [0, 0.1) is 17.3 Å². The van der Waals surface area contributed by atoms with E-state index in [9.17, 15) is 14.7 Å². The van der Waals surface area contributed by atoms with Crippen LogP contribution in [0.3, 0.4) is 0 Å². The van der Waals surface area contributed by atoms with Crippen LogP contribution in [0.2, 0.25) is 0 Å². The van der Waals surface area contributed by atoms with E-state index < -0.39 is 5.97 Å². The molecule has 1 heterocycles. The van der Waals surface area contributed by atoms with Crippen LogP contribution >= 0.6 is 0 Å². The zero-order chi connectivity index (χ0) is 21.2. The highest BCUT2D eigenvalue weighted by Crippen LogP contribution is 2.47. The number of carbonyl (C=O) groups is 1. The predicted octanol–water partition coefficient (Wildman–Crippen LogP) is 5.43. The molecule has 0 fully saturated rings. The van der Waals surface area contributed by atoms with Crippen molar-refractivity contribution in [1.82, 2.24) is 0 Å². The van der Waals surface area contributed by atoms with Crippen LogP contribution in [0.1, 0.15) is 53.4 Å². The minimum Gasteiger partial charge on any atom is -0.493 e. The lowest BCUT2D eigenvalue weighted by Crippen LogP contribution is -2.38. The smallest absolute Gasteiger partial charge is 0.336 e. The van der Waals surface area contributed by atoms with Crippen LogP contribution in [-0.4, -0.2) is 17.7 Å². The molecule has 0 bridgehead atoms. The average molecular weight is 398 g/mol. The normalized spacial score (nSPS) is 23.2. The summed E-state index contributed by atoms with van der Waals surface area (Å²) in [5.41, 5.74) is 2.83. The van der Waals surface area contributed by atoms with Crippen molar-refractivity contribution in [2.24, 2.45) is 17.3 Å². The van der Waals surface area contributed by atoms with Gasteiger partial charge in [0.25, 0.3) is 0 Å². The Morgan fingerprint density at radius 3 is 2.76 bits per heavy atom. The molecule has 1 N–H and O–H groups in total. The van der Waals surface area contributed by atoms with Crippen molar-refractivity contribution in [3.05, 3.63) is 51.9 Å². The second-order valence-corrected chi connectivity index (χ2v) is 8.73. The van der Waals surface area contributed by atoms with Gasteiger partial charge in [-0.1, -0.05) is 25.0 Å². The van der Waals surface area contributed by atoms with Crippen LogP contribution in [0.4, 0.5) is 0 Å². The molecule has 156 valence electrons. The van der Waals surface area contributed by atoms with Crippen LogP contribution in [-0.2, 0) is 4.79 Å².